The zero-order valence-corrected chi connectivity index (χ0v) is 24.0. The van der Waals surface area contributed by atoms with Crippen molar-refractivity contribution in [2.24, 2.45) is 16.7 Å². The number of carbonyl (C=O) groups excluding carboxylic acids is 2. The Balaban J connectivity index is 0.000000415. The van der Waals surface area contributed by atoms with Gasteiger partial charge in [0, 0.05) is 24.2 Å². The number of carbonyl (C=O) groups is 3. The van der Waals surface area contributed by atoms with Gasteiger partial charge in [-0.05, 0) is 49.8 Å². The third-order valence-electron chi connectivity index (χ3n) is 9.23. The van der Waals surface area contributed by atoms with Crippen LogP contribution in [0.25, 0.3) is 0 Å². The molecule has 1 aromatic carbocycles. The number of aliphatic hydroxyl groups is 3. The molecule has 2 fully saturated rings. The monoisotopic (exact) mass is 562 g/mol. The summed E-state index contributed by atoms with van der Waals surface area (Å²) in [6.07, 6.45) is -2.99. The van der Waals surface area contributed by atoms with E-state index in [2.05, 4.69) is 0 Å². The van der Waals surface area contributed by atoms with Crippen LogP contribution >= 0.6 is 0 Å². The Hall–Kier alpha value is -2.63. The Bertz CT molecular complexity index is 1110. The quantitative estimate of drug-likeness (QED) is 0.175. The van der Waals surface area contributed by atoms with Crippen molar-refractivity contribution in [3.63, 3.8) is 0 Å². The van der Waals surface area contributed by atoms with Gasteiger partial charge in [0.15, 0.2) is 6.29 Å². The van der Waals surface area contributed by atoms with Gasteiger partial charge in [0.05, 0.1) is 23.4 Å². The molecule has 4 rings (SSSR count). The lowest BCUT2D eigenvalue weighted by Crippen LogP contribution is -2.62. The molecule has 1 saturated heterocycles. The van der Waals surface area contributed by atoms with Gasteiger partial charge < -0.3 is 34.6 Å². The lowest BCUT2D eigenvalue weighted by molar-refractivity contribution is -0.189. The van der Waals surface area contributed by atoms with E-state index in [0.29, 0.717) is 31.1 Å². The van der Waals surface area contributed by atoms with E-state index in [1.165, 1.54) is 6.92 Å². The van der Waals surface area contributed by atoms with Crippen molar-refractivity contribution >= 4 is 18.2 Å². The highest BCUT2D eigenvalue weighted by Crippen LogP contribution is 2.59. The minimum atomic E-state index is -1.48. The van der Waals surface area contributed by atoms with Crippen LogP contribution in [-0.2, 0) is 23.8 Å². The number of aldehydes is 1. The van der Waals surface area contributed by atoms with Gasteiger partial charge in [-0.2, -0.15) is 0 Å². The number of ether oxygens (including phenoxy) is 3. The first-order valence-electron chi connectivity index (χ1n) is 13.6. The fourth-order valence-corrected chi connectivity index (χ4v) is 6.59. The summed E-state index contributed by atoms with van der Waals surface area (Å²) in [5, 5.41) is 41.6. The lowest BCUT2D eigenvalue weighted by atomic mass is 9.51. The Kier molecular flexibility index (Phi) is 9.63. The summed E-state index contributed by atoms with van der Waals surface area (Å²) in [6.45, 7) is 10.9. The van der Waals surface area contributed by atoms with Crippen LogP contribution in [0.2, 0.25) is 0 Å². The second-order valence-corrected chi connectivity index (χ2v) is 11.9. The highest BCUT2D eigenvalue weighted by atomic mass is 16.7. The normalized spacial score (nSPS) is 34.2. The van der Waals surface area contributed by atoms with Crippen LogP contribution in [0, 0.1) is 16.7 Å². The Morgan fingerprint density at radius 3 is 2.30 bits per heavy atom. The van der Waals surface area contributed by atoms with Crippen molar-refractivity contribution in [3.05, 3.63) is 47.0 Å². The topological polar surface area (TPSA) is 160 Å². The number of hydrogen-bond donors (Lipinski definition) is 4. The van der Waals surface area contributed by atoms with Gasteiger partial charge in [-0.1, -0.05) is 51.5 Å². The fourth-order valence-electron chi connectivity index (χ4n) is 6.59. The van der Waals surface area contributed by atoms with Crippen molar-refractivity contribution in [1.29, 1.82) is 0 Å². The van der Waals surface area contributed by atoms with Crippen LogP contribution in [-0.4, -0.2) is 75.1 Å². The van der Waals surface area contributed by atoms with Crippen molar-refractivity contribution in [3.8, 4) is 0 Å². The molecule has 10 nitrogen and oxygen atoms in total. The van der Waals surface area contributed by atoms with E-state index < -0.39 is 59.3 Å². The van der Waals surface area contributed by atoms with Crippen LogP contribution in [0.1, 0.15) is 77.6 Å². The van der Waals surface area contributed by atoms with Gasteiger partial charge in [0.25, 0.3) is 0 Å². The van der Waals surface area contributed by atoms with Crippen LogP contribution in [0.4, 0.5) is 0 Å². The van der Waals surface area contributed by atoms with Crippen molar-refractivity contribution in [2.75, 3.05) is 0 Å². The van der Waals surface area contributed by atoms with E-state index in [9.17, 15) is 29.7 Å². The predicted octanol–water partition coefficient (Wildman–Crippen LogP) is 3.23. The van der Waals surface area contributed by atoms with E-state index in [1.807, 2.05) is 34.6 Å². The molecular weight excluding hydrogens is 520 g/mol. The fraction of sp³-hybridized carbons (Fsp3) is 0.633. The molecule has 1 aliphatic heterocycles. The van der Waals surface area contributed by atoms with Gasteiger partial charge in [-0.3, -0.25) is 9.59 Å². The molecule has 40 heavy (non-hydrogen) atoms. The number of benzene rings is 1. The summed E-state index contributed by atoms with van der Waals surface area (Å²) < 4.78 is 16.9. The van der Waals surface area contributed by atoms with Crippen LogP contribution in [0.5, 0.6) is 0 Å². The molecule has 0 amide bonds. The number of carboxylic acid groups (broad SMARTS) is 1. The molecule has 10 heteroatoms. The molecule has 3 aliphatic rings. The Morgan fingerprint density at radius 1 is 1.15 bits per heavy atom. The van der Waals surface area contributed by atoms with Gasteiger partial charge in [0.1, 0.15) is 6.10 Å². The Labute approximate surface area is 234 Å². The molecule has 8 unspecified atom stereocenters. The molecule has 1 saturated carbocycles. The molecule has 1 heterocycles. The number of fused-ring (bicyclic) bond motifs is 4. The predicted molar refractivity (Wildman–Crippen MR) is 144 cm³/mol. The SMILES string of the molecule is CC(=O)OC(O)CC(O)C1(C)C(C)CC2(O)CCC(C)=C(C3OC(C=O)OC31)C2(C)C.O=C(O)c1ccccc1. The zero-order chi connectivity index (χ0) is 30.0. The first-order valence-corrected chi connectivity index (χ1v) is 13.6. The van der Waals surface area contributed by atoms with Crippen LogP contribution in [0.3, 0.4) is 0 Å². The summed E-state index contributed by atoms with van der Waals surface area (Å²) >= 11 is 0. The number of aliphatic hydroxyl groups excluding tert-OH is 2. The molecule has 8 atom stereocenters. The largest absolute Gasteiger partial charge is 0.478 e. The van der Waals surface area contributed by atoms with E-state index in [4.69, 9.17) is 19.3 Å². The maximum Gasteiger partial charge on any atom is 0.335 e. The molecule has 0 aromatic heterocycles. The van der Waals surface area contributed by atoms with Gasteiger partial charge >= 0.3 is 11.9 Å². The smallest absolute Gasteiger partial charge is 0.335 e. The average molecular weight is 563 g/mol. The van der Waals surface area contributed by atoms with Crippen LogP contribution in [0.15, 0.2) is 41.5 Å². The van der Waals surface area contributed by atoms with Gasteiger partial charge in [-0.25, -0.2) is 4.79 Å². The van der Waals surface area contributed by atoms with Gasteiger partial charge in [-0.15, -0.1) is 0 Å². The molecule has 4 N–H and O–H groups in total. The highest BCUT2D eigenvalue weighted by molar-refractivity contribution is 5.87. The minimum absolute atomic E-state index is 0.224. The highest BCUT2D eigenvalue weighted by Gasteiger charge is 2.63. The second-order valence-electron chi connectivity index (χ2n) is 11.9. The standard InChI is InChI=1S/C23H36O8.C7H6O2/c1-12-7-8-23(28)10-13(2)22(6,15(26)9-16(27)29-14(3)25)20-19(18(12)21(23,4)5)30-17(11-24)31-20;8-7(9)6-4-2-1-3-5-6/h11,13,15-17,19-20,26-28H,7-10H2,1-6H3;1-5H,(H,8,9). The average Bonchev–Trinajstić information content (AvgIpc) is 3.30. The molecule has 0 radical (unpaired) electrons. The van der Waals surface area contributed by atoms with E-state index in [-0.39, 0.29) is 12.3 Å². The maximum atomic E-state index is 11.8. The molecule has 222 valence electrons. The number of esters is 1. The second kappa shape index (κ2) is 12.1. The summed E-state index contributed by atoms with van der Waals surface area (Å²) in [6, 6.07) is 8.30. The lowest BCUT2D eigenvalue weighted by Gasteiger charge is -2.57. The van der Waals surface area contributed by atoms with Crippen molar-refractivity contribution < 1.29 is 49.0 Å². The number of rotatable bonds is 6. The summed E-state index contributed by atoms with van der Waals surface area (Å²) in [7, 11) is 0. The number of allylic oxidation sites excluding steroid dienone is 1. The number of aromatic carboxylic acids is 1. The molecular formula is C30H42O10. The third kappa shape index (κ3) is 6.01. The molecule has 2 aliphatic carbocycles. The number of carboxylic acids is 1. The molecule has 1 aromatic rings. The summed E-state index contributed by atoms with van der Waals surface area (Å²) in [5.74, 6) is -1.80. The molecule has 2 bridgehead atoms. The maximum absolute atomic E-state index is 11.8. The summed E-state index contributed by atoms with van der Waals surface area (Å²) in [4.78, 5) is 33.0. The van der Waals surface area contributed by atoms with Crippen molar-refractivity contribution in [2.45, 2.75) is 104 Å². The van der Waals surface area contributed by atoms with E-state index >= 15 is 0 Å². The van der Waals surface area contributed by atoms with E-state index in [1.54, 1.807) is 30.3 Å². The Morgan fingerprint density at radius 2 is 1.77 bits per heavy atom. The first kappa shape index (κ1) is 31.9. The number of hydrogen-bond acceptors (Lipinski definition) is 9. The van der Waals surface area contributed by atoms with E-state index in [0.717, 1.165) is 11.1 Å². The summed E-state index contributed by atoms with van der Waals surface area (Å²) in [5.41, 5.74) is -0.330. The van der Waals surface area contributed by atoms with Gasteiger partial charge in [0.2, 0.25) is 12.6 Å². The zero-order valence-electron chi connectivity index (χ0n) is 24.0. The molecule has 0 spiro atoms. The van der Waals surface area contributed by atoms with Crippen molar-refractivity contribution in [1.82, 2.24) is 0 Å². The first-order chi connectivity index (χ1) is 18.6. The minimum Gasteiger partial charge on any atom is -0.478 e. The van der Waals surface area contributed by atoms with Crippen LogP contribution < -0.4 is 0 Å². The third-order valence-corrected chi connectivity index (χ3v) is 9.23.